The first-order valence-corrected chi connectivity index (χ1v) is 10.8. The number of piperidine rings is 1. The number of likely N-dealkylation sites (N-methyl/N-ethyl adjacent to an activating group) is 1. The lowest BCUT2D eigenvalue weighted by atomic mass is 10.0. The number of ether oxygens (including phenoxy) is 1. The monoisotopic (exact) mass is 416 g/mol. The number of rotatable bonds is 12. The van der Waals surface area contributed by atoms with Crippen molar-refractivity contribution in [1.29, 1.82) is 0 Å². The number of carbonyl (C=O) groups is 4. The van der Waals surface area contributed by atoms with Gasteiger partial charge in [-0.2, -0.15) is 0 Å². The number of nitrogens with one attached hydrogen (secondary N) is 1. The van der Waals surface area contributed by atoms with Crippen molar-refractivity contribution >= 4 is 24.0 Å². The molecule has 0 saturated carbocycles. The zero-order chi connectivity index (χ0) is 21.9. The molecule has 0 radical (unpaired) electrons. The van der Waals surface area contributed by atoms with E-state index in [1.807, 2.05) is 0 Å². The van der Waals surface area contributed by atoms with Gasteiger partial charge in [0.1, 0.15) is 11.8 Å². The highest BCUT2D eigenvalue weighted by Crippen LogP contribution is 2.21. The van der Waals surface area contributed by atoms with Crippen LogP contribution in [0.2, 0.25) is 0 Å². The number of hydrogen-bond donors (Lipinski definition) is 1. The van der Waals surface area contributed by atoms with Crippen molar-refractivity contribution in [1.82, 2.24) is 10.2 Å². The molecule has 1 aliphatic rings. The van der Waals surface area contributed by atoms with Crippen LogP contribution in [0.1, 0.15) is 85.4 Å². The first kappa shape index (κ1) is 23.6. The second-order valence-corrected chi connectivity index (χ2v) is 7.72. The lowest BCUT2D eigenvalue weighted by Crippen LogP contribution is -2.53. The standard InChI is InChI=1S/C23H32N2O5/c1-3-4-5-6-7-8-9-14-30-18-10-11-19(17(15-18)16-26)23(29)25(2)20-12-13-21(27)24-22(20)28/h10-11,15-16,20H,3-9,12-14H2,1-2H3,(H,24,27,28). The predicted molar refractivity (Wildman–Crippen MR) is 114 cm³/mol. The van der Waals surface area contributed by atoms with Crippen molar-refractivity contribution in [2.45, 2.75) is 70.8 Å². The Hall–Kier alpha value is -2.70. The number of hydrogen-bond acceptors (Lipinski definition) is 5. The summed E-state index contributed by atoms with van der Waals surface area (Å²) < 4.78 is 5.73. The minimum atomic E-state index is -0.733. The molecule has 7 nitrogen and oxygen atoms in total. The van der Waals surface area contributed by atoms with Crippen molar-refractivity contribution < 1.29 is 23.9 Å². The van der Waals surface area contributed by atoms with E-state index in [2.05, 4.69) is 12.2 Å². The molecule has 30 heavy (non-hydrogen) atoms. The second kappa shape index (κ2) is 12.1. The van der Waals surface area contributed by atoms with E-state index in [0.717, 1.165) is 12.8 Å². The van der Waals surface area contributed by atoms with Crippen LogP contribution >= 0.6 is 0 Å². The molecule has 1 saturated heterocycles. The highest BCUT2D eigenvalue weighted by Gasteiger charge is 2.33. The minimum Gasteiger partial charge on any atom is -0.494 e. The Morgan fingerprint density at radius 2 is 1.87 bits per heavy atom. The summed E-state index contributed by atoms with van der Waals surface area (Å²) in [5, 5.41) is 2.24. The van der Waals surface area contributed by atoms with E-state index >= 15 is 0 Å². The van der Waals surface area contributed by atoms with E-state index in [4.69, 9.17) is 4.74 Å². The molecule has 0 aliphatic carbocycles. The Morgan fingerprint density at radius 1 is 1.17 bits per heavy atom. The van der Waals surface area contributed by atoms with Crippen LogP contribution in [0.15, 0.2) is 18.2 Å². The average molecular weight is 417 g/mol. The van der Waals surface area contributed by atoms with E-state index < -0.39 is 17.9 Å². The number of imide groups is 1. The van der Waals surface area contributed by atoms with Crippen molar-refractivity contribution in [3.63, 3.8) is 0 Å². The van der Waals surface area contributed by atoms with Gasteiger partial charge in [0.15, 0.2) is 6.29 Å². The van der Waals surface area contributed by atoms with Crippen molar-refractivity contribution in [2.24, 2.45) is 0 Å². The van der Waals surface area contributed by atoms with Crippen LogP contribution in [0.5, 0.6) is 5.75 Å². The molecule has 0 spiro atoms. The van der Waals surface area contributed by atoms with Gasteiger partial charge in [-0.3, -0.25) is 24.5 Å². The van der Waals surface area contributed by atoms with Gasteiger partial charge in [-0.1, -0.05) is 45.4 Å². The Labute approximate surface area is 178 Å². The van der Waals surface area contributed by atoms with Gasteiger partial charge < -0.3 is 9.64 Å². The second-order valence-electron chi connectivity index (χ2n) is 7.72. The molecule has 164 valence electrons. The fraction of sp³-hybridized carbons (Fsp3) is 0.565. The van der Waals surface area contributed by atoms with Crippen molar-refractivity contribution in [3.8, 4) is 5.75 Å². The number of nitrogens with zero attached hydrogens (tertiary/aromatic N) is 1. The number of aldehydes is 1. The molecule has 1 aromatic rings. The van der Waals surface area contributed by atoms with Crippen LogP contribution in [-0.4, -0.2) is 48.6 Å². The lowest BCUT2D eigenvalue weighted by molar-refractivity contribution is -0.136. The number of benzene rings is 1. The summed E-state index contributed by atoms with van der Waals surface area (Å²) in [4.78, 5) is 49.0. The summed E-state index contributed by atoms with van der Waals surface area (Å²) in [6.07, 6.45) is 9.37. The molecule has 1 aliphatic heterocycles. The van der Waals surface area contributed by atoms with Crippen LogP contribution in [0.4, 0.5) is 0 Å². The van der Waals surface area contributed by atoms with Gasteiger partial charge in [0.05, 0.1) is 12.2 Å². The summed E-state index contributed by atoms with van der Waals surface area (Å²) >= 11 is 0. The fourth-order valence-corrected chi connectivity index (χ4v) is 3.56. The normalized spacial score (nSPS) is 16.1. The molecule has 1 N–H and O–H groups in total. The van der Waals surface area contributed by atoms with Crippen molar-refractivity contribution in [2.75, 3.05) is 13.7 Å². The third kappa shape index (κ3) is 6.68. The highest BCUT2D eigenvalue weighted by atomic mass is 16.5. The van der Waals surface area contributed by atoms with Gasteiger partial charge in [0, 0.05) is 19.0 Å². The summed E-state index contributed by atoms with van der Waals surface area (Å²) in [7, 11) is 1.50. The Kier molecular flexibility index (Phi) is 9.51. The maximum atomic E-state index is 12.8. The van der Waals surface area contributed by atoms with E-state index in [9.17, 15) is 19.2 Å². The summed E-state index contributed by atoms with van der Waals surface area (Å²) in [6.45, 7) is 2.77. The van der Waals surface area contributed by atoms with Gasteiger partial charge in [-0.25, -0.2) is 0 Å². The Morgan fingerprint density at radius 3 is 2.53 bits per heavy atom. The number of carbonyl (C=O) groups excluding carboxylic acids is 4. The molecule has 0 aromatic heterocycles. The molecule has 7 heteroatoms. The van der Waals surface area contributed by atoms with E-state index in [0.29, 0.717) is 18.6 Å². The van der Waals surface area contributed by atoms with E-state index in [1.54, 1.807) is 18.2 Å². The third-order valence-corrected chi connectivity index (χ3v) is 5.39. The van der Waals surface area contributed by atoms with Crippen LogP contribution in [0, 0.1) is 0 Å². The van der Waals surface area contributed by atoms with Crippen molar-refractivity contribution in [3.05, 3.63) is 29.3 Å². The maximum Gasteiger partial charge on any atom is 0.255 e. The van der Waals surface area contributed by atoms with Gasteiger partial charge in [0.2, 0.25) is 11.8 Å². The molecule has 0 bridgehead atoms. The summed E-state index contributed by atoms with van der Waals surface area (Å²) in [5.41, 5.74) is 0.427. The van der Waals surface area contributed by atoms with E-state index in [-0.39, 0.29) is 29.9 Å². The average Bonchev–Trinajstić information content (AvgIpc) is 2.74. The smallest absolute Gasteiger partial charge is 0.255 e. The minimum absolute atomic E-state index is 0.181. The van der Waals surface area contributed by atoms with Crippen LogP contribution in [0.25, 0.3) is 0 Å². The van der Waals surface area contributed by atoms with E-state index in [1.165, 1.54) is 44.1 Å². The largest absolute Gasteiger partial charge is 0.494 e. The predicted octanol–water partition coefficient (Wildman–Crippen LogP) is 3.51. The van der Waals surface area contributed by atoms with Crippen LogP contribution in [0.3, 0.4) is 0 Å². The number of unbranched alkanes of at least 4 members (excludes halogenated alkanes) is 6. The first-order valence-electron chi connectivity index (χ1n) is 10.8. The maximum absolute atomic E-state index is 12.8. The molecule has 3 amide bonds. The zero-order valence-electron chi connectivity index (χ0n) is 17.9. The SMILES string of the molecule is CCCCCCCCCOc1ccc(C(=O)N(C)C2CCC(=O)NC2=O)c(C=O)c1. The molecule has 1 unspecified atom stereocenters. The van der Waals surface area contributed by atoms with Gasteiger partial charge >= 0.3 is 0 Å². The molecule has 1 fully saturated rings. The third-order valence-electron chi connectivity index (χ3n) is 5.39. The number of amides is 3. The zero-order valence-corrected chi connectivity index (χ0v) is 17.9. The lowest BCUT2D eigenvalue weighted by Gasteiger charge is -2.30. The van der Waals surface area contributed by atoms with Crippen LogP contribution < -0.4 is 10.1 Å². The molecule has 1 aromatic carbocycles. The topological polar surface area (TPSA) is 92.8 Å². The highest BCUT2D eigenvalue weighted by molar-refractivity contribution is 6.06. The molecule has 2 rings (SSSR count). The van der Waals surface area contributed by atoms with Gasteiger partial charge in [-0.05, 0) is 31.0 Å². The summed E-state index contributed by atoms with van der Waals surface area (Å²) in [5.74, 6) is -0.730. The fourth-order valence-electron chi connectivity index (χ4n) is 3.56. The van der Waals surface area contributed by atoms with Crippen LogP contribution in [-0.2, 0) is 9.59 Å². The van der Waals surface area contributed by atoms with Gasteiger partial charge in [-0.15, -0.1) is 0 Å². The summed E-state index contributed by atoms with van der Waals surface area (Å²) in [6, 6.07) is 4.04. The molecular weight excluding hydrogens is 384 g/mol. The van der Waals surface area contributed by atoms with Gasteiger partial charge in [0.25, 0.3) is 5.91 Å². The first-order chi connectivity index (χ1) is 14.5. The quantitative estimate of drug-likeness (QED) is 0.320. The molecular formula is C23H32N2O5. The molecule has 1 atom stereocenters. The Balaban J connectivity index is 1.90. The molecule has 1 heterocycles. The Bertz CT molecular complexity index is 762.